The lowest BCUT2D eigenvalue weighted by molar-refractivity contribution is -0.138. The third-order valence-electron chi connectivity index (χ3n) is 6.24. The molecule has 1 saturated heterocycles. The highest BCUT2D eigenvalue weighted by Crippen LogP contribution is 2.51. The van der Waals surface area contributed by atoms with Gasteiger partial charge in [0, 0.05) is 17.8 Å². The predicted octanol–water partition coefficient (Wildman–Crippen LogP) is 4.15. The molecular weight excluding hydrogens is 506 g/mol. The van der Waals surface area contributed by atoms with E-state index in [-0.39, 0.29) is 10.4 Å². The number of fused-ring (bicyclic) bond motifs is 2. The van der Waals surface area contributed by atoms with Gasteiger partial charge in [0.15, 0.2) is 0 Å². The molecule has 0 bridgehead atoms. The van der Waals surface area contributed by atoms with Crippen LogP contribution < -0.4 is 10.2 Å². The van der Waals surface area contributed by atoms with Crippen molar-refractivity contribution in [2.45, 2.75) is 31.0 Å². The number of alkyl halides is 3. The fourth-order valence-corrected chi connectivity index (χ4v) is 5.36. The van der Waals surface area contributed by atoms with Gasteiger partial charge in [0.1, 0.15) is 18.9 Å². The largest absolute Gasteiger partial charge is 0.405 e. The van der Waals surface area contributed by atoms with E-state index in [2.05, 4.69) is 20.8 Å². The smallest absolute Gasteiger partial charge is 0.345 e. The number of benzene rings is 2. The van der Waals surface area contributed by atoms with E-state index < -0.39 is 36.4 Å². The highest BCUT2D eigenvalue weighted by molar-refractivity contribution is 9.10. The maximum atomic E-state index is 14.5. The maximum absolute atomic E-state index is 14.5. The van der Waals surface area contributed by atoms with Crippen LogP contribution in [-0.2, 0) is 21.5 Å². The minimum absolute atomic E-state index is 0.156. The van der Waals surface area contributed by atoms with Crippen LogP contribution in [0.1, 0.15) is 24.0 Å². The number of likely N-dealkylation sites (tertiary alicyclic amines) is 1. The van der Waals surface area contributed by atoms with Crippen LogP contribution in [0.5, 0.6) is 0 Å². The van der Waals surface area contributed by atoms with Gasteiger partial charge in [0.05, 0.1) is 9.89 Å². The van der Waals surface area contributed by atoms with Crippen molar-refractivity contribution in [2.24, 2.45) is 0 Å². The van der Waals surface area contributed by atoms with Gasteiger partial charge in [-0.2, -0.15) is 13.2 Å². The van der Waals surface area contributed by atoms with Crippen LogP contribution >= 0.6 is 15.9 Å². The molecule has 33 heavy (non-hydrogen) atoms. The fourth-order valence-electron chi connectivity index (χ4n) is 4.65. The molecule has 0 atom stereocenters. The first-order chi connectivity index (χ1) is 15.6. The van der Waals surface area contributed by atoms with Crippen LogP contribution in [0.2, 0.25) is 0 Å². The zero-order chi connectivity index (χ0) is 23.8. The fraction of sp³-hybridized carbons (Fsp3) is 0.391. The summed E-state index contributed by atoms with van der Waals surface area (Å²) in [5, 5.41) is 1.80. The molecule has 2 aromatic carbocycles. The number of hydrogen-bond donors (Lipinski definition) is 1. The Labute approximate surface area is 196 Å². The summed E-state index contributed by atoms with van der Waals surface area (Å²) in [5.74, 6) is -1.84. The summed E-state index contributed by atoms with van der Waals surface area (Å²) >= 11 is 3.27. The zero-order valence-corrected chi connectivity index (χ0v) is 19.2. The lowest BCUT2D eigenvalue weighted by atomic mass is 9.73. The van der Waals surface area contributed by atoms with Gasteiger partial charge in [-0.05, 0) is 59.6 Å². The first-order valence-electron chi connectivity index (χ1n) is 10.5. The SMILES string of the molecule is O=C(CN1C(=O)C2(CCN(Cc3ccccc3)CC2)c2c1ccc(F)c2Br)NCC(F)(F)F. The molecule has 0 aliphatic carbocycles. The van der Waals surface area contributed by atoms with Crippen LogP contribution in [0.15, 0.2) is 46.9 Å². The molecule has 10 heteroatoms. The van der Waals surface area contributed by atoms with Gasteiger partial charge in [0.25, 0.3) is 0 Å². The van der Waals surface area contributed by atoms with Crippen molar-refractivity contribution >= 4 is 33.4 Å². The second-order valence-electron chi connectivity index (χ2n) is 8.38. The Morgan fingerprint density at radius 1 is 1.09 bits per heavy atom. The summed E-state index contributed by atoms with van der Waals surface area (Å²) in [6.07, 6.45) is -3.73. The van der Waals surface area contributed by atoms with Gasteiger partial charge in [-0.3, -0.25) is 14.5 Å². The molecule has 1 fully saturated rings. The summed E-state index contributed by atoms with van der Waals surface area (Å²) in [6.45, 7) is -0.164. The van der Waals surface area contributed by atoms with Crippen molar-refractivity contribution in [3.05, 3.63) is 63.9 Å². The molecule has 0 saturated carbocycles. The Bertz CT molecular complexity index is 1050. The van der Waals surface area contributed by atoms with E-state index in [1.807, 2.05) is 30.3 Å². The monoisotopic (exact) mass is 527 g/mol. The third-order valence-corrected chi connectivity index (χ3v) is 7.02. The Balaban J connectivity index is 1.56. The highest BCUT2D eigenvalue weighted by atomic mass is 79.9. The lowest BCUT2D eigenvalue weighted by Crippen LogP contribution is -2.50. The van der Waals surface area contributed by atoms with Crippen LogP contribution in [-0.4, -0.2) is 49.1 Å². The quantitative estimate of drug-likeness (QED) is 0.594. The van der Waals surface area contributed by atoms with Crippen molar-refractivity contribution < 1.29 is 27.2 Å². The Morgan fingerprint density at radius 2 is 1.76 bits per heavy atom. The molecule has 176 valence electrons. The average molecular weight is 528 g/mol. The highest BCUT2D eigenvalue weighted by Gasteiger charge is 2.53. The minimum atomic E-state index is -4.55. The number of carbonyl (C=O) groups is 2. The van der Waals surface area contributed by atoms with Crippen LogP contribution in [0.4, 0.5) is 23.2 Å². The van der Waals surface area contributed by atoms with E-state index in [1.165, 1.54) is 17.0 Å². The minimum Gasteiger partial charge on any atom is -0.345 e. The molecule has 1 spiro atoms. The van der Waals surface area contributed by atoms with Crippen LogP contribution in [0.25, 0.3) is 0 Å². The zero-order valence-electron chi connectivity index (χ0n) is 17.6. The summed E-state index contributed by atoms with van der Waals surface area (Å²) in [5.41, 5.74) is 0.928. The number of hydrogen-bond acceptors (Lipinski definition) is 3. The van der Waals surface area contributed by atoms with Crippen LogP contribution in [0, 0.1) is 5.82 Å². The molecule has 2 aliphatic rings. The van der Waals surface area contributed by atoms with E-state index in [9.17, 15) is 27.2 Å². The number of nitrogens with zero attached hydrogens (tertiary/aromatic N) is 2. The van der Waals surface area contributed by atoms with E-state index in [0.717, 1.165) is 5.56 Å². The topological polar surface area (TPSA) is 52.7 Å². The summed E-state index contributed by atoms with van der Waals surface area (Å²) in [7, 11) is 0. The van der Waals surface area contributed by atoms with Gasteiger partial charge in [-0.1, -0.05) is 30.3 Å². The molecule has 1 N–H and O–H groups in total. The molecule has 2 heterocycles. The van der Waals surface area contributed by atoms with Gasteiger partial charge in [0.2, 0.25) is 11.8 Å². The summed E-state index contributed by atoms with van der Waals surface area (Å²) in [6, 6.07) is 12.5. The molecule has 0 radical (unpaired) electrons. The number of halogens is 5. The summed E-state index contributed by atoms with van der Waals surface area (Å²) in [4.78, 5) is 29.1. The number of amides is 2. The first-order valence-corrected chi connectivity index (χ1v) is 11.3. The maximum Gasteiger partial charge on any atom is 0.405 e. The van der Waals surface area contributed by atoms with Crippen molar-refractivity contribution in [3.8, 4) is 0 Å². The van der Waals surface area contributed by atoms with Crippen molar-refractivity contribution in [1.29, 1.82) is 0 Å². The predicted molar refractivity (Wildman–Crippen MR) is 118 cm³/mol. The van der Waals surface area contributed by atoms with Gasteiger partial charge >= 0.3 is 6.18 Å². The molecule has 5 nitrogen and oxygen atoms in total. The van der Waals surface area contributed by atoms with Crippen molar-refractivity contribution in [1.82, 2.24) is 10.2 Å². The average Bonchev–Trinajstić information content (AvgIpc) is 3.00. The number of piperidine rings is 1. The molecule has 2 aliphatic heterocycles. The molecule has 0 unspecified atom stereocenters. The van der Waals surface area contributed by atoms with Crippen molar-refractivity contribution in [3.63, 3.8) is 0 Å². The lowest BCUT2D eigenvalue weighted by Gasteiger charge is -2.38. The molecule has 4 rings (SSSR count). The first kappa shape index (κ1) is 23.7. The number of rotatable bonds is 5. The number of anilines is 1. The Kier molecular flexibility index (Phi) is 6.50. The normalized spacial score (nSPS) is 18.0. The van der Waals surface area contributed by atoms with E-state index in [0.29, 0.717) is 43.7 Å². The molecule has 2 amide bonds. The molecule has 0 aromatic heterocycles. The molecular formula is C23H22BrF4N3O2. The second kappa shape index (κ2) is 9.06. The Hall–Kier alpha value is -2.46. The van der Waals surface area contributed by atoms with Gasteiger partial charge < -0.3 is 10.2 Å². The van der Waals surface area contributed by atoms with Gasteiger partial charge in [-0.25, -0.2) is 4.39 Å². The summed E-state index contributed by atoms with van der Waals surface area (Å²) < 4.78 is 52.0. The van der Waals surface area contributed by atoms with Crippen LogP contribution in [0.3, 0.4) is 0 Å². The number of carbonyl (C=O) groups excluding carboxylic acids is 2. The molecule has 2 aromatic rings. The van der Waals surface area contributed by atoms with E-state index >= 15 is 0 Å². The Morgan fingerprint density at radius 3 is 2.39 bits per heavy atom. The van der Waals surface area contributed by atoms with Crippen molar-refractivity contribution in [2.75, 3.05) is 31.1 Å². The van der Waals surface area contributed by atoms with E-state index in [1.54, 1.807) is 5.32 Å². The number of nitrogens with one attached hydrogen (secondary N) is 1. The van der Waals surface area contributed by atoms with E-state index in [4.69, 9.17) is 0 Å². The van der Waals surface area contributed by atoms with Gasteiger partial charge in [-0.15, -0.1) is 0 Å². The third kappa shape index (κ3) is 4.77. The second-order valence-corrected chi connectivity index (χ2v) is 9.18. The standard InChI is InChI=1S/C23H22BrF4N3O2/c24-20-16(25)6-7-17-19(20)22(21(33)31(17)13-18(32)29-14-23(26,27)28)8-10-30(11-9-22)12-15-4-2-1-3-5-15/h1-7H,8-14H2,(H,29,32).